The molecule has 3 aromatic rings. The first-order valence-electron chi connectivity index (χ1n) is 13.3. The summed E-state index contributed by atoms with van der Waals surface area (Å²) in [5.41, 5.74) is 1.66. The third-order valence-electron chi connectivity index (χ3n) is 6.60. The molecule has 226 valence electrons. The molecule has 2 aromatic carbocycles. The minimum absolute atomic E-state index is 0.172. The van der Waals surface area contributed by atoms with Gasteiger partial charge in [-0.05, 0) is 49.7 Å². The molecule has 1 aromatic heterocycles. The van der Waals surface area contributed by atoms with Crippen molar-refractivity contribution in [2.45, 2.75) is 37.2 Å². The van der Waals surface area contributed by atoms with Crippen molar-refractivity contribution in [2.24, 2.45) is 0 Å². The number of esters is 1. The second-order valence-electron chi connectivity index (χ2n) is 9.51. The van der Waals surface area contributed by atoms with Crippen molar-refractivity contribution in [1.82, 2.24) is 14.8 Å². The molecule has 8 nitrogen and oxygen atoms in total. The number of ether oxygens (including phenoxy) is 3. The zero-order chi connectivity index (χ0) is 30.3. The summed E-state index contributed by atoms with van der Waals surface area (Å²) in [5.74, 6) is 0.740. The van der Waals surface area contributed by atoms with Crippen LogP contribution in [0.3, 0.4) is 0 Å². The topological polar surface area (TPSA) is 81.2 Å². The predicted molar refractivity (Wildman–Crippen MR) is 155 cm³/mol. The number of halogens is 3. The van der Waals surface area contributed by atoms with Crippen LogP contribution < -0.4 is 4.74 Å². The summed E-state index contributed by atoms with van der Waals surface area (Å²) < 4.78 is 54.6. The Morgan fingerprint density at radius 1 is 1.07 bits per heavy atom. The van der Waals surface area contributed by atoms with E-state index in [1.165, 1.54) is 30.6 Å². The van der Waals surface area contributed by atoms with Crippen LogP contribution in [0.5, 0.6) is 5.75 Å². The largest absolute Gasteiger partial charge is 0.482 e. The molecule has 13 heteroatoms. The zero-order valence-electron chi connectivity index (χ0n) is 23.5. The molecule has 0 aliphatic carbocycles. The first-order valence-corrected chi connectivity index (χ1v) is 15.1. The SMILES string of the molecule is CCOC(=O)N1CCN(Cc2nc(-c3ccc(C(F)(F)F)cc3)sc2CSc2ccc(OCC(=O)OC)c(C)c2)CC1. The number of methoxy groups -OCH3 is 1. The number of aryl methyl sites for hydroxylation is 1. The van der Waals surface area contributed by atoms with Gasteiger partial charge in [-0.1, -0.05) is 12.1 Å². The molecule has 1 fully saturated rings. The monoisotopic (exact) mass is 623 g/mol. The molecule has 2 heterocycles. The zero-order valence-corrected chi connectivity index (χ0v) is 25.2. The summed E-state index contributed by atoms with van der Waals surface area (Å²) in [7, 11) is 1.30. The summed E-state index contributed by atoms with van der Waals surface area (Å²) in [6.45, 7) is 6.79. The lowest BCUT2D eigenvalue weighted by atomic mass is 10.1. The summed E-state index contributed by atoms with van der Waals surface area (Å²) in [6, 6.07) is 10.8. The van der Waals surface area contributed by atoms with Crippen molar-refractivity contribution in [3.05, 3.63) is 64.2 Å². The van der Waals surface area contributed by atoms with Gasteiger partial charge in [0.25, 0.3) is 0 Å². The minimum Gasteiger partial charge on any atom is -0.482 e. The Kier molecular flexibility index (Phi) is 10.7. The Bertz CT molecular complexity index is 1370. The first kappa shape index (κ1) is 31.6. The molecule has 1 amide bonds. The summed E-state index contributed by atoms with van der Waals surface area (Å²) in [6.07, 6.45) is -4.72. The van der Waals surface area contributed by atoms with Crippen LogP contribution in [0, 0.1) is 6.92 Å². The Morgan fingerprint density at radius 2 is 1.79 bits per heavy atom. The van der Waals surface area contributed by atoms with Crippen LogP contribution >= 0.6 is 23.1 Å². The van der Waals surface area contributed by atoms with Crippen LogP contribution in [0.1, 0.15) is 28.6 Å². The number of carbonyl (C=O) groups is 2. The van der Waals surface area contributed by atoms with Gasteiger partial charge in [0.2, 0.25) is 0 Å². The molecule has 0 radical (unpaired) electrons. The maximum Gasteiger partial charge on any atom is 0.416 e. The third kappa shape index (κ3) is 8.39. The van der Waals surface area contributed by atoms with Crippen molar-refractivity contribution < 1.29 is 37.0 Å². The van der Waals surface area contributed by atoms with Gasteiger partial charge < -0.3 is 19.1 Å². The number of nitrogens with zero attached hydrogens (tertiary/aromatic N) is 3. The average Bonchev–Trinajstić information content (AvgIpc) is 3.37. The number of carbonyl (C=O) groups excluding carboxylic acids is 2. The van der Waals surface area contributed by atoms with Crippen LogP contribution in [-0.2, 0) is 32.7 Å². The van der Waals surface area contributed by atoms with Gasteiger partial charge in [-0.2, -0.15) is 13.2 Å². The number of hydrogen-bond acceptors (Lipinski definition) is 9. The van der Waals surface area contributed by atoms with Crippen molar-refractivity contribution in [2.75, 3.05) is 46.5 Å². The lowest BCUT2D eigenvalue weighted by Crippen LogP contribution is -2.48. The number of benzene rings is 2. The van der Waals surface area contributed by atoms with E-state index in [1.807, 2.05) is 25.1 Å². The van der Waals surface area contributed by atoms with E-state index in [-0.39, 0.29) is 12.7 Å². The average molecular weight is 624 g/mol. The second-order valence-corrected chi connectivity index (χ2v) is 11.6. The predicted octanol–water partition coefficient (Wildman–Crippen LogP) is 6.26. The fourth-order valence-electron chi connectivity index (χ4n) is 4.28. The quantitative estimate of drug-likeness (QED) is 0.194. The van der Waals surface area contributed by atoms with Gasteiger partial charge in [0.1, 0.15) is 10.8 Å². The molecule has 0 unspecified atom stereocenters. The normalized spacial score (nSPS) is 14.1. The smallest absolute Gasteiger partial charge is 0.416 e. The minimum atomic E-state index is -4.40. The number of amides is 1. The molecular weight excluding hydrogens is 591 g/mol. The fraction of sp³-hybridized carbons (Fsp3) is 0.414. The third-order valence-corrected chi connectivity index (χ3v) is 8.95. The lowest BCUT2D eigenvalue weighted by Gasteiger charge is -2.33. The number of hydrogen-bond donors (Lipinski definition) is 0. The highest BCUT2D eigenvalue weighted by atomic mass is 32.2. The van der Waals surface area contributed by atoms with E-state index in [1.54, 1.807) is 23.6 Å². The molecule has 0 atom stereocenters. The first-order chi connectivity index (χ1) is 20.1. The molecule has 0 N–H and O–H groups in total. The van der Waals surface area contributed by atoms with Crippen molar-refractivity contribution in [3.8, 4) is 16.3 Å². The highest BCUT2D eigenvalue weighted by Crippen LogP contribution is 2.36. The van der Waals surface area contributed by atoms with Crippen molar-refractivity contribution >= 4 is 35.2 Å². The highest BCUT2D eigenvalue weighted by molar-refractivity contribution is 7.98. The standard InChI is InChI=1S/C29H32F3N3O5S2/c1-4-39-28(37)35-13-11-34(12-14-35)16-23-25(42-27(33-23)20-5-7-21(8-6-20)29(30,31)32)18-41-22-9-10-24(19(2)15-22)40-17-26(36)38-3/h5-10,15H,4,11-14,16-18H2,1-3H3. The molecule has 0 spiro atoms. The van der Waals surface area contributed by atoms with E-state index >= 15 is 0 Å². The van der Waals surface area contributed by atoms with Gasteiger partial charge in [0.15, 0.2) is 6.61 Å². The Morgan fingerprint density at radius 3 is 2.40 bits per heavy atom. The number of alkyl halides is 3. The number of rotatable bonds is 10. The van der Waals surface area contributed by atoms with Gasteiger partial charge in [-0.25, -0.2) is 14.6 Å². The Balaban J connectivity index is 1.49. The van der Waals surface area contributed by atoms with Gasteiger partial charge in [-0.3, -0.25) is 4.90 Å². The van der Waals surface area contributed by atoms with Crippen molar-refractivity contribution in [1.29, 1.82) is 0 Å². The Hall–Kier alpha value is -3.29. The molecule has 1 saturated heterocycles. The number of thioether (sulfide) groups is 1. The van der Waals surface area contributed by atoms with E-state index in [2.05, 4.69) is 9.64 Å². The summed E-state index contributed by atoms with van der Waals surface area (Å²) in [5, 5.41) is 0.655. The van der Waals surface area contributed by atoms with Crippen LogP contribution in [0.25, 0.3) is 10.6 Å². The van der Waals surface area contributed by atoms with E-state index in [4.69, 9.17) is 14.5 Å². The number of thiazole rings is 1. The maximum atomic E-state index is 13.1. The molecule has 42 heavy (non-hydrogen) atoms. The van der Waals surface area contributed by atoms with Crippen LogP contribution in [0.15, 0.2) is 47.4 Å². The number of piperazine rings is 1. The number of aromatic nitrogens is 1. The van der Waals surface area contributed by atoms with Crippen LogP contribution in [-0.4, -0.2) is 73.3 Å². The van der Waals surface area contributed by atoms with Crippen LogP contribution in [0.2, 0.25) is 0 Å². The molecule has 0 bridgehead atoms. The molecular formula is C29H32F3N3O5S2. The molecule has 0 saturated carbocycles. The lowest BCUT2D eigenvalue weighted by molar-refractivity contribution is -0.143. The highest BCUT2D eigenvalue weighted by Gasteiger charge is 2.30. The van der Waals surface area contributed by atoms with E-state index in [0.29, 0.717) is 61.4 Å². The van der Waals surface area contributed by atoms with Crippen LogP contribution in [0.4, 0.5) is 18.0 Å². The maximum absolute atomic E-state index is 13.1. The Labute approximate surface area is 250 Å². The second kappa shape index (κ2) is 14.3. The molecule has 1 aliphatic rings. The molecule has 1 aliphatic heterocycles. The fourth-order valence-corrected chi connectivity index (χ4v) is 6.45. The van der Waals surface area contributed by atoms with E-state index in [9.17, 15) is 22.8 Å². The molecule has 4 rings (SSSR count). The van der Waals surface area contributed by atoms with E-state index in [0.717, 1.165) is 33.2 Å². The summed E-state index contributed by atoms with van der Waals surface area (Å²) >= 11 is 3.08. The van der Waals surface area contributed by atoms with E-state index < -0.39 is 17.7 Å². The van der Waals surface area contributed by atoms with Gasteiger partial charge >= 0.3 is 18.2 Å². The van der Waals surface area contributed by atoms with Gasteiger partial charge in [-0.15, -0.1) is 23.1 Å². The van der Waals surface area contributed by atoms with Crippen molar-refractivity contribution in [3.63, 3.8) is 0 Å². The van der Waals surface area contributed by atoms with Gasteiger partial charge in [0, 0.05) is 53.8 Å². The van der Waals surface area contributed by atoms with Gasteiger partial charge in [0.05, 0.1) is 25.0 Å². The summed E-state index contributed by atoms with van der Waals surface area (Å²) in [4.78, 5) is 34.3.